The van der Waals surface area contributed by atoms with E-state index in [0.717, 1.165) is 25.2 Å². The second-order valence-corrected chi connectivity index (χ2v) is 7.62. The van der Waals surface area contributed by atoms with E-state index in [0.29, 0.717) is 6.42 Å². The monoisotopic (exact) mass is 375 g/mol. The van der Waals surface area contributed by atoms with Gasteiger partial charge in [-0.15, -0.1) is 0 Å². The zero-order valence-electron chi connectivity index (χ0n) is 17.7. The van der Waals surface area contributed by atoms with Gasteiger partial charge in [-0.1, -0.05) is 77.6 Å². The first kappa shape index (κ1) is 23.5. The third-order valence-corrected chi connectivity index (χ3v) is 5.13. The quantitative estimate of drug-likeness (QED) is 0.354. The molecule has 4 heteroatoms. The first-order valence-corrected chi connectivity index (χ1v) is 11.1. The summed E-state index contributed by atoms with van der Waals surface area (Å²) in [5.41, 5.74) is 1.10. The van der Waals surface area contributed by atoms with Crippen molar-refractivity contribution in [1.82, 2.24) is 10.3 Å². The number of nitrogens with one attached hydrogen (secondary N) is 1. The minimum absolute atomic E-state index is 0.152. The molecule has 0 unspecified atom stereocenters. The Hall–Kier alpha value is -1.58. The molecule has 0 atom stereocenters. The van der Waals surface area contributed by atoms with Gasteiger partial charge in [0.2, 0.25) is 5.91 Å². The van der Waals surface area contributed by atoms with E-state index in [2.05, 4.69) is 22.1 Å². The zero-order valence-corrected chi connectivity index (χ0v) is 17.7. The lowest BCUT2D eigenvalue weighted by Crippen LogP contribution is -2.29. The van der Waals surface area contributed by atoms with E-state index in [-0.39, 0.29) is 5.91 Å². The Bertz CT molecular complexity index is 464. The minimum Gasteiger partial charge on any atom is -0.374 e. The van der Waals surface area contributed by atoms with E-state index in [1.54, 1.807) is 12.4 Å². The number of hydrogen-bond donors (Lipinski definition) is 1. The van der Waals surface area contributed by atoms with Gasteiger partial charge in [-0.2, -0.15) is 0 Å². The van der Waals surface area contributed by atoms with Crippen LogP contribution in [0.5, 0.6) is 0 Å². The second kappa shape index (κ2) is 16.6. The van der Waals surface area contributed by atoms with Crippen LogP contribution >= 0.6 is 0 Å². The molecule has 0 saturated heterocycles. The zero-order chi connectivity index (χ0) is 19.6. The number of nitrogens with zero attached hydrogens (tertiary/aromatic N) is 2. The van der Waals surface area contributed by atoms with E-state index in [9.17, 15) is 4.79 Å². The smallest absolute Gasteiger partial charge is 0.221 e. The van der Waals surface area contributed by atoms with Gasteiger partial charge in [0.05, 0.1) is 0 Å². The molecule has 4 nitrogen and oxygen atoms in total. The van der Waals surface area contributed by atoms with Crippen molar-refractivity contribution in [3.8, 4) is 0 Å². The second-order valence-electron chi connectivity index (χ2n) is 7.62. The standard InChI is InChI=1S/C23H41N3O/c1-3-4-5-6-7-8-9-10-11-12-13-14-18-25-23(27)17-21-26(2)22-15-19-24-20-16-22/h15-16,19-20H,3-14,17-18,21H2,1-2H3,(H,25,27). The minimum atomic E-state index is 0.152. The summed E-state index contributed by atoms with van der Waals surface area (Å²) in [5.74, 6) is 0.152. The maximum atomic E-state index is 11.9. The molecular formula is C23H41N3O. The fraction of sp³-hybridized carbons (Fsp3) is 0.739. The first-order chi connectivity index (χ1) is 13.2. The van der Waals surface area contributed by atoms with Crippen molar-refractivity contribution in [3.05, 3.63) is 24.5 Å². The van der Waals surface area contributed by atoms with Crippen LogP contribution in [0.1, 0.15) is 90.4 Å². The number of pyridine rings is 1. The molecule has 0 spiro atoms. The average molecular weight is 376 g/mol. The van der Waals surface area contributed by atoms with Crippen molar-refractivity contribution in [2.24, 2.45) is 0 Å². The Morgan fingerprint density at radius 3 is 1.96 bits per heavy atom. The van der Waals surface area contributed by atoms with Gasteiger partial charge in [-0.05, 0) is 18.6 Å². The molecule has 1 N–H and O–H groups in total. The van der Waals surface area contributed by atoms with E-state index >= 15 is 0 Å². The summed E-state index contributed by atoms with van der Waals surface area (Å²) < 4.78 is 0. The Morgan fingerprint density at radius 1 is 0.889 bits per heavy atom. The maximum absolute atomic E-state index is 11.9. The predicted octanol–water partition coefficient (Wildman–Crippen LogP) is 5.73. The molecule has 0 bridgehead atoms. The molecule has 1 rings (SSSR count). The highest BCUT2D eigenvalue weighted by Gasteiger charge is 2.04. The molecule has 0 radical (unpaired) electrons. The summed E-state index contributed by atoms with van der Waals surface area (Å²) >= 11 is 0. The largest absolute Gasteiger partial charge is 0.374 e. The molecule has 1 amide bonds. The van der Waals surface area contributed by atoms with Crippen molar-refractivity contribution >= 4 is 11.6 Å². The van der Waals surface area contributed by atoms with Crippen LogP contribution in [0.4, 0.5) is 5.69 Å². The van der Waals surface area contributed by atoms with Gasteiger partial charge in [0, 0.05) is 44.6 Å². The highest BCUT2D eigenvalue weighted by molar-refractivity contribution is 5.76. The number of hydrogen-bond acceptors (Lipinski definition) is 3. The molecular weight excluding hydrogens is 334 g/mol. The van der Waals surface area contributed by atoms with E-state index in [4.69, 9.17) is 0 Å². The van der Waals surface area contributed by atoms with Gasteiger partial charge >= 0.3 is 0 Å². The number of rotatable bonds is 17. The van der Waals surface area contributed by atoms with Crippen LogP contribution in [0.2, 0.25) is 0 Å². The molecule has 0 fully saturated rings. The Balaban J connectivity index is 1.86. The third-order valence-electron chi connectivity index (χ3n) is 5.13. The van der Waals surface area contributed by atoms with Crippen LogP contribution in [0, 0.1) is 0 Å². The lowest BCUT2D eigenvalue weighted by molar-refractivity contribution is -0.120. The van der Waals surface area contributed by atoms with Gasteiger partial charge in [0.15, 0.2) is 0 Å². The van der Waals surface area contributed by atoms with Crippen LogP contribution in [0.3, 0.4) is 0 Å². The van der Waals surface area contributed by atoms with Gasteiger partial charge in [0.25, 0.3) is 0 Å². The molecule has 0 aliphatic heterocycles. The van der Waals surface area contributed by atoms with Crippen molar-refractivity contribution in [3.63, 3.8) is 0 Å². The number of unbranched alkanes of at least 4 members (excludes halogenated alkanes) is 11. The summed E-state index contributed by atoms with van der Waals surface area (Å²) in [6, 6.07) is 3.93. The number of anilines is 1. The van der Waals surface area contributed by atoms with Gasteiger partial charge in [-0.25, -0.2) is 0 Å². The number of aromatic nitrogens is 1. The van der Waals surface area contributed by atoms with Crippen LogP contribution in [-0.4, -0.2) is 31.0 Å². The Morgan fingerprint density at radius 2 is 1.41 bits per heavy atom. The van der Waals surface area contributed by atoms with Crippen LogP contribution in [0.25, 0.3) is 0 Å². The molecule has 1 heterocycles. The number of amides is 1. The summed E-state index contributed by atoms with van der Waals surface area (Å²) in [7, 11) is 2.01. The number of carbonyl (C=O) groups is 1. The van der Waals surface area contributed by atoms with Crippen molar-refractivity contribution in [1.29, 1.82) is 0 Å². The highest BCUT2D eigenvalue weighted by Crippen LogP contribution is 2.12. The first-order valence-electron chi connectivity index (χ1n) is 11.1. The van der Waals surface area contributed by atoms with Crippen LogP contribution in [0.15, 0.2) is 24.5 Å². The average Bonchev–Trinajstić information content (AvgIpc) is 2.70. The van der Waals surface area contributed by atoms with Gasteiger partial charge < -0.3 is 10.2 Å². The van der Waals surface area contributed by atoms with Gasteiger partial charge in [0.1, 0.15) is 0 Å². The normalized spacial score (nSPS) is 10.7. The third kappa shape index (κ3) is 13.3. The van der Waals surface area contributed by atoms with Gasteiger partial charge in [-0.3, -0.25) is 9.78 Å². The molecule has 0 saturated carbocycles. The molecule has 0 aliphatic carbocycles. The summed E-state index contributed by atoms with van der Waals surface area (Å²) in [5, 5.41) is 3.05. The molecule has 1 aromatic rings. The van der Waals surface area contributed by atoms with Crippen molar-refractivity contribution in [2.45, 2.75) is 90.4 Å². The van der Waals surface area contributed by atoms with Crippen molar-refractivity contribution < 1.29 is 4.79 Å². The van der Waals surface area contributed by atoms with Crippen molar-refractivity contribution in [2.75, 3.05) is 25.0 Å². The molecule has 154 valence electrons. The number of carbonyl (C=O) groups excluding carboxylic acids is 1. The molecule has 0 aliphatic rings. The fourth-order valence-corrected chi connectivity index (χ4v) is 3.28. The highest BCUT2D eigenvalue weighted by atomic mass is 16.1. The fourth-order valence-electron chi connectivity index (χ4n) is 3.28. The lowest BCUT2D eigenvalue weighted by atomic mass is 10.1. The topological polar surface area (TPSA) is 45.2 Å². The Kier molecular flexibility index (Phi) is 14.4. The lowest BCUT2D eigenvalue weighted by Gasteiger charge is -2.18. The SMILES string of the molecule is CCCCCCCCCCCCCCNC(=O)CCN(C)c1ccncc1. The van der Waals surface area contributed by atoms with E-state index in [1.165, 1.54) is 70.6 Å². The molecule has 0 aromatic carbocycles. The maximum Gasteiger partial charge on any atom is 0.221 e. The van der Waals surface area contributed by atoms with E-state index < -0.39 is 0 Å². The van der Waals surface area contributed by atoms with E-state index in [1.807, 2.05) is 19.2 Å². The summed E-state index contributed by atoms with van der Waals surface area (Å²) in [4.78, 5) is 18.0. The van der Waals surface area contributed by atoms with Crippen LogP contribution in [-0.2, 0) is 4.79 Å². The summed E-state index contributed by atoms with van der Waals surface area (Å²) in [6.45, 7) is 3.82. The van der Waals surface area contributed by atoms with Crippen LogP contribution < -0.4 is 10.2 Å². The summed E-state index contributed by atoms with van der Waals surface area (Å²) in [6.07, 6.45) is 20.3. The molecule has 27 heavy (non-hydrogen) atoms. The molecule has 1 aromatic heterocycles. The predicted molar refractivity (Wildman–Crippen MR) is 116 cm³/mol. The Labute approximate surface area is 167 Å².